The standard InChI is InChI=1S/C23H29F3N6O3/c1-30(13-14-34-2)21(33)15-35-18-5-3-16(4-6-18)17-9-11-31(12-10-17)20-8-7-19-27-28-22(23(24,25)26)32(19)29-20/h3-6,17H,7-15H2,1-2H3. The predicted molar refractivity (Wildman–Crippen MR) is 121 cm³/mol. The van der Waals surface area contributed by atoms with Crippen molar-refractivity contribution in [1.29, 1.82) is 0 Å². The first-order valence-corrected chi connectivity index (χ1v) is 11.6. The van der Waals surface area contributed by atoms with Crippen LogP contribution in [-0.2, 0) is 22.1 Å². The number of rotatable bonds is 7. The summed E-state index contributed by atoms with van der Waals surface area (Å²) >= 11 is 0. The van der Waals surface area contributed by atoms with Gasteiger partial charge in [0.1, 0.15) is 11.6 Å². The number of nitrogens with zero attached hydrogens (tertiary/aromatic N) is 6. The molecule has 0 bridgehead atoms. The van der Waals surface area contributed by atoms with E-state index in [1.807, 2.05) is 24.3 Å². The van der Waals surface area contributed by atoms with Crippen LogP contribution in [-0.4, -0.2) is 83.4 Å². The van der Waals surface area contributed by atoms with E-state index in [-0.39, 0.29) is 18.3 Å². The van der Waals surface area contributed by atoms with E-state index in [0.29, 0.717) is 56.6 Å². The van der Waals surface area contributed by atoms with Gasteiger partial charge in [0.2, 0.25) is 0 Å². The molecule has 3 heterocycles. The Morgan fingerprint density at radius 1 is 1.14 bits per heavy atom. The lowest BCUT2D eigenvalue weighted by molar-refractivity contribution is -0.147. The molecule has 1 saturated heterocycles. The quantitative estimate of drug-likeness (QED) is 0.589. The Hall–Kier alpha value is -3.15. The number of amides is 1. The topological polar surface area (TPSA) is 85.1 Å². The maximum atomic E-state index is 13.2. The number of benzene rings is 1. The van der Waals surface area contributed by atoms with E-state index in [2.05, 4.69) is 20.2 Å². The molecule has 1 aromatic carbocycles. The van der Waals surface area contributed by atoms with Gasteiger partial charge in [-0.2, -0.15) is 22.9 Å². The molecule has 0 N–H and O–H groups in total. The molecule has 0 radical (unpaired) electrons. The Morgan fingerprint density at radius 3 is 2.51 bits per heavy atom. The van der Waals surface area contributed by atoms with Gasteiger partial charge in [-0.3, -0.25) is 4.79 Å². The zero-order chi connectivity index (χ0) is 25.0. The average molecular weight is 495 g/mol. The molecule has 0 saturated carbocycles. The van der Waals surface area contributed by atoms with Gasteiger partial charge < -0.3 is 19.3 Å². The highest BCUT2D eigenvalue weighted by molar-refractivity contribution is 5.83. The molecule has 12 heteroatoms. The largest absolute Gasteiger partial charge is 0.484 e. The third-order valence-corrected chi connectivity index (χ3v) is 6.38. The van der Waals surface area contributed by atoms with E-state index in [4.69, 9.17) is 9.47 Å². The number of fused-ring (bicyclic) bond motifs is 1. The number of carbonyl (C=O) groups is 1. The molecule has 1 amide bonds. The first-order chi connectivity index (χ1) is 16.8. The lowest BCUT2D eigenvalue weighted by Gasteiger charge is -2.35. The van der Waals surface area contributed by atoms with Crippen molar-refractivity contribution in [2.45, 2.75) is 37.8 Å². The van der Waals surface area contributed by atoms with Crippen LogP contribution in [0.3, 0.4) is 0 Å². The summed E-state index contributed by atoms with van der Waals surface area (Å²) in [5.41, 5.74) is 1.17. The molecule has 2 aromatic rings. The van der Waals surface area contributed by atoms with Crippen molar-refractivity contribution in [1.82, 2.24) is 24.7 Å². The SMILES string of the molecule is COCCN(C)C(=O)COc1ccc(C2CCN(C3=Nn4c(nnc4C(F)(F)F)CC3)CC2)cc1. The lowest BCUT2D eigenvalue weighted by atomic mass is 9.89. The summed E-state index contributed by atoms with van der Waals surface area (Å²) in [5, 5.41) is 11.1. The molecule has 9 nitrogen and oxygen atoms in total. The number of likely N-dealkylation sites (N-methyl/N-ethyl adjacent to an activating group) is 1. The maximum Gasteiger partial charge on any atom is 0.453 e. The summed E-state index contributed by atoms with van der Waals surface area (Å²) in [4.78, 5) is 15.7. The summed E-state index contributed by atoms with van der Waals surface area (Å²) in [5.74, 6) is 0.644. The second-order valence-corrected chi connectivity index (χ2v) is 8.69. The number of hydrogen-bond donors (Lipinski definition) is 0. The predicted octanol–water partition coefficient (Wildman–Crippen LogP) is 2.77. The Kier molecular flexibility index (Phi) is 7.58. The Morgan fingerprint density at radius 2 is 1.86 bits per heavy atom. The van der Waals surface area contributed by atoms with Crippen LogP contribution < -0.4 is 4.74 Å². The van der Waals surface area contributed by atoms with Crippen molar-refractivity contribution in [3.8, 4) is 5.75 Å². The van der Waals surface area contributed by atoms with Gasteiger partial charge in [0.05, 0.1) is 6.61 Å². The average Bonchev–Trinajstić information content (AvgIpc) is 3.30. The van der Waals surface area contributed by atoms with Crippen LogP contribution in [0.15, 0.2) is 29.4 Å². The Labute approximate surface area is 201 Å². The fraction of sp³-hybridized carbons (Fsp3) is 0.565. The van der Waals surface area contributed by atoms with Crippen LogP contribution in [0.5, 0.6) is 5.75 Å². The van der Waals surface area contributed by atoms with Crippen molar-refractivity contribution in [3.63, 3.8) is 0 Å². The van der Waals surface area contributed by atoms with Crippen LogP contribution in [0, 0.1) is 0 Å². The summed E-state index contributed by atoms with van der Waals surface area (Å²) < 4.78 is 51.0. The second kappa shape index (κ2) is 10.6. The van der Waals surface area contributed by atoms with Crippen molar-refractivity contribution in [2.75, 3.05) is 47.0 Å². The van der Waals surface area contributed by atoms with Gasteiger partial charge in [0.25, 0.3) is 11.7 Å². The summed E-state index contributed by atoms with van der Waals surface area (Å²) in [6.45, 7) is 2.36. The van der Waals surface area contributed by atoms with E-state index in [1.54, 1.807) is 19.1 Å². The number of hydrogen-bond acceptors (Lipinski definition) is 7. The summed E-state index contributed by atoms with van der Waals surface area (Å²) in [7, 11) is 3.30. The third kappa shape index (κ3) is 5.92. The van der Waals surface area contributed by atoms with Crippen LogP contribution in [0.2, 0.25) is 0 Å². The third-order valence-electron chi connectivity index (χ3n) is 6.38. The normalized spacial score (nSPS) is 16.6. The zero-order valence-corrected chi connectivity index (χ0v) is 19.8. The van der Waals surface area contributed by atoms with Gasteiger partial charge in [-0.05, 0) is 36.5 Å². The maximum absolute atomic E-state index is 13.2. The minimum atomic E-state index is -4.59. The number of alkyl halides is 3. The van der Waals surface area contributed by atoms with Crippen molar-refractivity contribution in [2.24, 2.45) is 5.10 Å². The molecule has 190 valence electrons. The van der Waals surface area contributed by atoms with Crippen LogP contribution >= 0.6 is 0 Å². The van der Waals surface area contributed by atoms with Gasteiger partial charge in [-0.1, -0.05) is 12.1 Å². The second-order valence-electron chi connectivity index (χ2n) is 8.69. The Bertz CT molecular complexity index is 1050. The number of methoxy groups -OCH3 is 1. The van der Waals surface area contributed by atoms with Crippen LogP contribution in [0.25, 0.3) is 0 Å². The number of piperidine rings is 1. The first-order valence-electron chi connectivity index (χ1n) is 11.6. The molecular formula is C23H29F3N6O3. The van der Waals surface area contributed by atoms with E-state index < -0.39 is 12.0 Å². The molecule has 1 aromatic heterocycles. The monoisotopic (exact) mass is 494 g/mol. The van der Waals surface area contributed by atoms with Crippen LogP contribution in [0.4, 0.5) is 13.2 Å². The van der Waals surface area contributed by atoms with Gasteiger partial charge in [0.15, 0.2) is 12.4 Å². The van der Waals surface area contributed by atoms with E-state index in [0.717, 1.165) is 17.5 Å². The van der Waals surface area contributed by atoms with E-state index >= 15 is 0 Å². The number of aromatic nitrogens is 3. The van der Waals surface area contributed by atoms with Gasteiger partial charge >= 0.3 is 6.18 Å². The summed E-state index contributed by atoms with van der Waals surface area (Å²) in [6, 6.07) is 7.74. The molecule has 0 aliphatic carbocycles. The molecular weight excluding hydrogens is 465 g/mol. The molecule has 1 fully saturated rings. The highest BCUT2D eigenvalue weighted by Gasteiger charge is 2.40. The fourth-order valence-corrected chi connectivity index (χ4v) is 4.28. The van der Waals surface area contributed by atoms with Crippen molar-refractivity contribution >= 4 is 11.7 Å². The van der Waals surface area contributed by atoms with Gasteiger partial charge in [-0.15, -0.1) is 10.2 Å². The minimum absolute atomic E-state index is 0.0374. The number of halogens is 3. The van der Waals surface area contributed by atoms with Gasteiger partial charge in [0, 0.05) is 46.6 Å². The first kappa shape index (κ1) is 25.0. The smallest absolute Gasteiger partial charge is 0.453 e. The van der Waals surface area contributed by atoms with Crippen LogP contribution in [0.1, 0.15) is 42.4 Å². The van der Waals surface area contributed by atoms with E-state index in [9.17, 15) is 18.0 Å². The highest BCUT2D eigenvalue weighted by Crippen LogP contribution is 2.32. The molecule has 0 spiro atoms. The minimum Gasteiger partial charge on any atom is -0.484 e. The fourth-order valence-electron chi connectivity index (χ4n) is 4.28. The Balaban J connectivity index is 1.30. The lowest BCUT2D eigenvalue weighted by Crippen LogP contribution is -2.40. The number of amidine groups is 1. The highest BCUT2D eigenvalue weighted by atomic mass is 19.4. The summed E-state index contributed by atoms with van der Waals surface area (Å²) in [6.07, 6.45) is -1.93. The molecule has 0 unspecified atom stereocenters. The van der Waals surface area contributed by atoms with Crippen molar-refractivity contribution in [3.05, 3.63) is 41.5 Å². The molecule has 2 aliphatic rings. The molecule has 0 atom stereocenters. The number of aryl methyl sites for hydroxylation is 1. The molecule has 35 heavy (non-hydrogen) atoms. The van der Waals surface area contributed by atoms with E-state index in [1.165, 1.54) is 5.56 Å². The zero-order valence-electron chi connectivity index (χ0n) is 19.8. The number of ether oxygens (including phenoxy) is 2. The number of likely N-dealkylation sites (tertiary alicyclic amines) is 1. The molecule has 2 aliphatic heterocycles. The van der Waals surface area contributed by atoms with Gasteiger partial charge in [-0.25, -0.2) is 0 Å². The number of carbonyl (C=O) groups excluding carboxylic acids is 1. The molecule has 4 rings (SSSR count). The van der Waals surface area contributed by atoms with Crippen molar-refractivity contribution < 1.29 is 27.4 Å².